The Bertz CT molecular complexity index is 629. The molecular weight excluding hydrogens is 374 g/mol. The normalized spacial score (nSPS) is 24.8. The van der Waals surface area contributed by atoms with Crippen LogP contribution in [0, 0.1) is 5.92 Å². The minimum Gasteiger partial charge on any atom is -0.207 e. The van der Waals surface area contributed by atoms with E-state index in [-0.39, 0.29) is 6.04 Å². The fourth-order valence-corrected chi connectivity index (χ4v) is 6.08. The molecule has 0 radical (unpaired) electrons. The van der Waals surface area contributed by atoms with Crippen LogP contribution >= 0.6 is 27.5 Å². The molecule has 21 heavy (non-hydrogen) atoms. The molecule has 0 spiro atoms. The van der Waals surface area contributed by atoms with Crippen LogP contribution in [0.25, 0.3) is 0 Å². The topological polar surface area (TPSA) is 37.4 Å². The zero-order chi connectivity index (χ0) is 15.0. The molecule has 1 unspecified atom stereocenters. The van der Waals surface area contributed by atoms with Gasteiger partial charge < -0.3 is 0 Å². The van der Waals surface area contributed by atoms with Gasteiger partial charge in [-0.2, -0.15) is 4.31 Å². The van der Waals surface area contributed by atoms with Gasteiger partial charge >= 0.3 is 0 Å². The molecule has 6 heteroatoms. The second kappa shape index (κ2) is 6.19. The lowest BCUT2D eigenvalue weighted by Gasteiger charge is -2.28. The lowest BCUT2D eigenvalue weighted by molar-refractivity contribution is 0.288. The third kappa shape index (κ3) is 3.03. The fraction of sp³-hybridized carbons (Fsp3) is 0.600. The number of hydrogen-bond acceptors (Lipinski definition) is 2. The third-order valence-corrected chi connectivity index (χ3v) is 7.82. The van der Waals surface area contributed by atoms with Crippen molar-refractivity contribution in [3.8, 4) is 0 Å². The van der Waals surface area contributed by atoms with Gasteiger partial charge in [0.05, 0.1) is 9.92 Å². The molecule has 0 aromatic heterocycles. The highest BCUT2D eigenvalue weighted by Crippen LogP contribution is 2.38. The van der Waals surface area contributed by atoms with Gasteiger partial charge in [0.15, 0.2) is 0 Å². The van der Waals surface area contributed by atoms with Gasteiger partial charge in [-0.05, 0) is 65.7 Å². The minimum atomic E-state index is -3.42. The van der Waals surface area contributed by atoms with Crippen molar-refractivity contribution >= 4 is 37.6 Å². The van der Waals surface area contributed by atoms with E-state index in [1.807, 2.05) is 0 Å². The van der Waals surface area contributed by atoms with E-state index < -0.39 is 10.0 Å². The summed E-state index contributed by atoms with van der Waals surface area (Å²) >= 11 is 9.28. The summed E-state index contributed by atoms with van der Waals surface area (Å²) in [4.78, 5) is 0.337. The second-order valence-corrected chi connectivity index (χ2v) is 9.10. The summed E-state index contributed by atoms with van der Waals surface area (Å²) in [6, 6.07) is 5.04. The Balaban J connectivity index is 1.91. The van der Waals surface area contributed by atoms with Crippen LogP contribution in [0.15, 0.2) is 27.6 Å². The summed E-state index contributed by atoms with van der Waals surface area (Å²) in [5.74, 6) is 0.540. The van der Waals surface area contributed by atoms with Gasteiger partial charge in [-0.15, -0.1) is 0 Å². The van der Waals surface area contributed by atoms with E-state index in [0.29, 0.717) is 26.9 Å². The van der Waals surface area contributed by atoms with E-state index in [1.54, 1.807) is 22.5 Å². The first kappa shape index (κ1) is 15.8. The molecule has 1 aromatic rings. The van der Waals surface area contributed by atoms with Gasteiger partial charge in [0, 0.05) is 17.1 Å². The van der Waals surface area contributed by atoms with E-state index >= 15 is 0 Å². The molecule has 0 amide bonds. The van der Waals surface area contributed by atoms with Crippen molar-refractivity contribution in [1.29, 1.82) is 0 Å². The molecule has 1 saturated carbocycles. The van der Waals surface area contributed by atoms with Crippen LogP contribution in [0.5, 0.6) is 0 Å². The molecule has 0 N–H and O–H groups in total. The molecule has 3 rings (SSSR count). The summed E-state index contributed by atoms with van der Waals surface area (Å²) in [7, 11) is -3.42. The standard InChI is InChI=1S/C15H19BrClNO2S/c16-13-10-12(7-8-14(13)17)21(19,20)18-9-3-6-15(18)11-4-1-2-5-11/h7-8,10-11,15H,1-6,9H2. The fourth-order valence-electron chi connectivity index (χ4n) is 3.65. The highest BCUT2D eigenvalue weighted by molar-refractivity contribution is 9.10. The van der Waals surface area contributed by atoms with Crippen LogP contribution in [0.4, 0.5) is 0 Å². The van der Waals surface area contributed by atoms with Crippen molar-refractivity contribution in [3.05, 3.63) is 27.7 Å². The highest BCUT2D eigenvalue weighted by Gasteiger charge is 2.40. The molecule has 2 aliphatic rings. The molecule has 1 aliphatic heterocycles. The maximum Gasteiger partial charge on any atom is 0.243 e. The Labute approximate surface area is 139 Å². The Morgan fingerprint density at radius 1 is 1.14 bits per heavy atom. The van der Waals surface area contributed by atoms with Crippen LogP contribution < -0.4 is 0 Å². The summed E-state index contributed by atoms with van der Waals surface area (Å²) in [6.45, 7) is 0.643. The van der Waals surface area contributed by atoms with E-state index in [4.69, 9.17) is 11.6 Å². The lowest BCUT2D eigenvalue weighted by atomic mass is 9.97. The van der Waals surface area contributed by atoms with Crippen molar-refractivity contribution in [2.24, 2.45) is 5.92 Å². The Hall–Kier alpha value is -0.100. The first-order chi connectivity index (χ1) is 10.00. The number of halogens is 2. The predicted octanol–water partition coefficient (Wildman–Crippen LogP) is 4.45. The average molecular weight is 393 g/mol. The quantitative estimate of drug-likeness (QED) is 0.762. The summed E-state index contributed by atoms with van der Waals surface area (Å²) in [5.41, 5.74) is 0. The van der Waals surface area contributed by atoms with Crippen LogP contribution in [0.3, 0.4) is 0 Å². The zero-order valence-corrected chi connectivity index (χ0v) is 14.9. The van der Waals surface area contributed by atoms with Crippen molar-refractivity contribution in [1.82, 2.24) is 4.31 Å². The first-order valence-electron chi connectivity index (χ1n) is 7.47. The molecule has 3 nitrogen and oxygen atoms in total. The molecule has 116 valence electrons. The van der Waals surface area contributed by atoms with Crippen molar-refractivity contribution < 1.29 is 8.42 Å². The van der Waals surface area contributed by atoms with E-state index in [1.165, 1.54) is 25.7 Å². The van der Waals surface area contributed by atoms with Gasteiger partial charge in [-0.25, -0.2) is 8.42 Å². The largest absolute Gasteiger partial charge is 0.243 e. The Kier molecular flexibility index (Phi) is 4.65. The molecule has 1 aliphatic carbocycles. The van der Waals surface area contributed by atoms with Crippen LogP contribution in [-0.4, -0.2) is 25.3 Å². The summed E-state index contributed by atoms with van der Waals surface area (Å²) in [6.07, 6.45) is 6.78. The Morgan fingerprint density at radius 2 is 1.86 bits per heavy atom. The third-order valence-electron chi connectivity index (χ3n) is 4.69. The van der Waals surface area contributed by atoms with Crippen LogP contribution in [-0.2, 0) is 10.0 Å². The van der Waals surface area contributed by atoms with Crippen molar-refractivity contribution in [2.45, 2.75) is 49.5 Å². The Morgan fingerprint density at radius 3 is 2.52 bits per heavy atom. The van der Waals surface area contributed by atoms with Gasteiger partial charge in [-0.3, -0.25) is 0 Å². The maximum atomic E-state index is 12.9. The van der Waals surface area contributed by atoms with E-state index in [9.17, 15) is 8.42 Å². The SMILES string of the molecule is O=S(=O)(c1ccc(Cl)c(Br)c1)N1CCCC1C1CCCC1. The first-order valence-corrected chi connectivity index (χ1v) is 10.1. The number of benzene rings is 1. The van der Waals surface area contributed by atoms with Crippen molar-refractivity contribution in [3.63, 3.8) is 0 Å². The van der Waals surface area contributed by atoms with Crippen LogP contribution in [0.2, 0.25) is 5.02 Å². The minimum absolute atomic E-state index is 0.187. The second-order valence-electron chi connectivity index (χ2n) is 5.95. The molecule has 2 fully saturated rings. The molecule has 1 saturated heterocycles. The number of sulfonamides is 1. The monoisotopic (exact) mass is 391 g/mol. The molecule has 1 heterocycles. The molecular formula is C15H19BrClNO2S. The van der Waals surface area contributed by atoms with Gasteiger partial charge in [0.1, 0.15) is 0 Å². The van der Waals surface area contributed by atoms with Gasteiger partial charge in [0.25, 0.3) is 0 Å². The molecule has 1 atom stereocenters. The smallest absolute Gasteiger partial charge is 0.207 e. The van der Waals surface area contributed by atoms with E-state index in [0.717, 1.165) is 12.8 Å². The summed E-state index contributed by atoms with van der Waals surface area (Å²) < 4.78 is 28.2. The van der Waals surface area contributed by atoms with Crippen molar-refractivity contribution in [2.75, 3.05) is 6.54 Å². The van der Waals surface area contributed by atoms with Gasteiger partial charge in [0.2, 0.25) is 10.0 Å². The van der Waals surface area contributed by atoms with Gasteiger partial charge in [-0.1, -0.05) is 24.4 Å². The average Bonchev–Trinajstić information content (AvgIpc) is 3.11. The predicted molar refractivity (Wildman–Crippen MR) is 88.0 cm³/mol. The molecule has 0 bridgehead atoms. The highest BCUT2D eigenvalue weighted by atomic mass is 79.9. The number of nitrogens with zero attached hydrogens (tertiary/aromatic N) is 1. The van der Waals surface area contributed by atoms with E-state index in [2.05, 4.69) is 15.9 Å². The van der Waals surface area contributed by atoms with Crippen LogP contribution in [0.1, 0.15) is 38.5 Å². The number of hydrogen-bond donors (Lipinski definition) is 0. The summed E-state index contributed by atoms with van der Waals surface area (Å²) in [5, 5.41) is 0.530. The number of rotatable bonds is 3. The lowest BCUT2D eigenvalue weighted by Crippen LogP contribution is -2.39. The maximum absolute atomic E-state index is 12.9. The molecule has 1 aromatic carbocycles. The zero-order valence-electron chi connectivity index (χ0n) is 11.8.